The van der Waals surface area contributed by atoms with Crippen molar-refractivity contribution in [2.75, 3.05) is 26.8 Å². The maximum Gasteiger partial charge on any atom is 0.222 e. The molecular formula is C25H33N3O3. The van der Waals surface area contributed by atoms with E-state index < -0.39 is 6.10 Å². The third-order valence-corrected chi connectivity index (χ3v) is 5.30. The fraction of sp³-hybridized carbons (Fsp3) is 0.400. The van der Waals surface area contributed by atoms with Gasteiger partial charge >= 0.3 is 0 Å². The van der Waals surface area contributed by atoms with Crippen molar-refractivity contribution in [2.24, 2.45) is 13.0 Å². The number of para-hydroxylation sites is 1. The smallest absolute Gasteiger partial charge is 0.222 e. The van der Waals surface area contributed by atoms with Gasteiger partial charge < -0.3 is 14.6 Å². The van der Waals surface area contributed by atoms with E-state index >= 15 is 0 Å². The first-order chi connectivity index (χ1) is 15.0. The summed E-state index contributed by atoms with van der Waals surface area (Å²) >= 11 is 0. The molecule has 0 aliphatic heterocycles. The fourth-order valence-electron chi connectivity index (χ4n) is 3.40. The van der Waals surface area contributed by atoms with Crippen molar-refractivity contribution in [3.05, 3.63) is 66.2 Å². The van der Waals surface area contributed by atoms with Crippen LogP contribution in [0.5, 0.6) is 11.6 Å². The van der Waals surface area contributed by atoms with Gasteiger partial charge in [0.05, 0.1) is 18.3 Å². The largest absolute Gasteiger partial charge is 0.439 e. The first kappa shape index (κ1) is 23.0. The average Bonchev–Trinajstić information content (AvgIpc) is 3.08. The Hall–Kier alpha value is -2.67. The number of aliphatic hydroxyl groups is 1. The third-order valence-electron chi connectivity index (χ3n) is 5.30. The van der Waals surface area contributed by atoms with Gasteiger partial charge in [0.15, 0.2) is 0 Å². The molecule has 1 N–H and O–H groups in total. The molecule has 0 aliphatic rings. The molecule has 0 bridgehead atoms. The van der Waals surface area contributed by atoms with Crippen molar-refractivity contribution in [3.8, 4) is 22.9 Å². The van der Waals surface area contributed by atoms with Gasteiger partial charge in [-0.2, -0.15) is 5.10 Å². The van der Waals surface area contributed by atoms with Crippen LogP contribution in [0, 0.1) is 5.92 Å². The molecule has 0 saturated heterocycles. The molecule has 6 nitrogen and oxygen atoms in total. The number of aliphatic hydroxyl groups excluding tert-OH is 1. The van der Waals surface area contributed by atoms with E-state index in [2.05, 4.69) is 17.0 Å². The second kappa shape index (κ2) is 11.1. The number of nitrogens with zero attached hydrogens (tertiary/aromatic N) is 3. The molecule has 0 spiro atoms. The first-order valence-corrected chi connectivity index (χ1v) is 10.7. The minimum atomic E-state index is -0.424. The fourth-order valence-corrected chi connectivity index (χ4v) is 3.40. The normalized spacial score (nSPS) is 12.5. The van der Waals surface area contributed by atoms with Crippen LogP contribution in [0.4, 0.5) is 0 Å². The summed E-state index contributed by atoms with van der Waals surface area (Å²) in [6.45, 7) is 6.49. The van der Waals surface area contributed by atoms with Gasteiger partial charge in [0.2, 0.25) is 5.88 Å². The predicted molar refractivity (Wildman–Crippen MR) is 123 cm³/mol. The van der Waals surface area contributed by atoms with E-state index in [0.29, 0.717) is 32.1 Å². The van der Waals surface area contributed by atoms with Crippen molar-refractivity contribution in [2.45, 2.75) is 26.5 Å². The summed E-state index contributed by atoms with van der Waals surface area (Å²) in [4.78, 5) is 2.20. The van der Waals surface area contributed by atoms with Crippen LogP contribution in [0.2, 0.25) is 0 Å². The summed E-state index contributed by atoms with van der Waals surface area (Å²) in [5, 5.41) is 15.3. The zero-order valence-corrected chi connectivity index (χ0v) is 18.9. The quantitative estimate of drug-likeness (QED) is 0.497. The van der Waals surface area contributed by atoms with E-state index in [1.54, 1.807) is 11.8 Å². The highest BCUT2D eigenvalue weighted by molar-refractivity contribution is 5.65. The minimum absolute atomic E-state index is 0.174. The molecule has 0 saturated carbocycles. The molecule has 6 heteroatoms. The van der Waals surface area contributed by atoms with E-state index in [1.807, 2.05) is 69.4 Å². The van der Waals surface area contributed by atoms with Crippen LogP contribution in [0.1, 0.15) is 19.4 Å². The highest BCUT2D eigenvalue weighted by Crippen LogP contribution is 2.34. The molecule has 166 valence electrons. The second-order valence-corrected chi connectivity index (χ2v) is 8.08. The SMILES string of the molecule is COCCN(Cc1c(-c2ccccc2)nn(C)c1Oc1ccccc1)C[C@@H](O)C(C)C. The molecule has 1 aromatic heterocycles. The van der Waals surface area contributed by atoms with Gasteiger partial charge in [-0.1, -0.05) is 62.4 Å². The van der Waals surface area contributed by atoms with Gasteiger partial charge in [0, 0.05) is 39.4 Å². The zero-order valence-electron chi connectivity index (χ0n) is 18.9. The molecule has 3 aromatic rings. The van der Waals surface area contributed by atoms with Crippen molar-refractivity contribution < 1.29 is 14.6 Å². The van der Waals surface area contributed by atoms with Gasteiger partial charge in [0.25, 0.3) is 0 Å². The lowest BCUT2D eigenvalue weighted by Crippen LogP contribution is -2.36. The second-order valence-electron chi connectivity index (χ2n) is 8.08. The van der Waals surface area contributed by atoms with Crippen LogP contribution in [0.25, 0.3) is 11.3 Å². The molecular weight excluding hydrogens is 390 g/mol. The van der Waals surface area contributed by atoms with Gasteiger partial charge in [-0.05, 0) is 18.1 Å². The lowest BCUT2D eigenvalue weighted by molar-refractivity contribution is 0.0589. The first-order valence-electron chi connectivity index (χ1n) is 10.7. The Balaban J connectivity index is 1.99. The average molecular weight is 424 g/mol. The molecule has 1 heterocycles. The van der Waals surface area contributed by atoms with Gasteiger partial charge in [0.1, 0.15) is 11.4 Å². The molecule has 0 fully saturated rings. The Morgan fingerprint density at radius 2 is 1.68 bits per heavy atom. The van der Waals surface area contributed by atoms with Gasteiger partial charge in [-0.15, -0.1) is 0 Å². The van der Waals surface area contributed by atoms with Crippen LogP contribution in [-0.2, 0) is 18.3 Å². The highest BCUT2D eigenvalue weighted by atomic mass is 16.5. The molecule has 31 heavy (non-hydrogen) atoms. The highest BCUT2D eigenvalue weighted by Gasteiger charge is 2.24. The van der Waals surface area contributed by atoms with E-state index in [0.717, 1.165) is 22.6 Å². The lowest BCUT2D eigenvalue weighted by Gasteiger charge is -2.27. The summed E-state index contributed by atoms with van der Waals surface area (Å²) in [7, 11) is 3.59. The maximum atomic E-state index is 10.5. The number of hydrogen-bond donors (Lipinski definition) is 1. The standard InChI is InChI=1S/C25H33N3O3/c1-19(2)23(29)18-28(15-16-30-4)17-22-24(20-11-7-5-8-12-20)26-27(3)25(22)31-21-13-9-6-10-14-21/h5-14,19,23,29H,15-18H2,1-4H3/t23-/m1/s1. The maximum absolute atomic E-state index is 10.5. The minimum Gasteiger partial charge on any atom is -0.439 e. The molecule has 0 unspecified atom stereocenters. The van der Waals surface area contributed by atoms with Crippen LogP contribution < -0.4 is 4.74 Å². The number of methoxy groups -OCH3 is 1. The molecule has 0 aliphatic carbocycles. The number of ether oxygens (including phenoxy) is 2. The number of benzene rings is 2. The summed E-state index contributed by atoms with van der Waals surface area (Å²) in [6.07, 6.45) is -0.424. The predicted octanol–water partition coefficient (Wildman–Crippen LogP) is 4.34. The number of hydrogen-bond acceptors (Lipinski definition) is 5. The lowest BCUT2D eigenvalue weighted by atomic mass is 10.1. The van der Waals surface area contributed by atoms with Crippen molar-refractivity contribution in [1.82, 2.24) is 14.7 Å². The topological polar surface area (TPSA) is 59.8 Å². The summed E-state index contributed by atoms with van der Waals surface area (Å²) in [5.74, 6) is 1.64. The molecule has 0 amide bonds. The van der Waals surface area contributed by atoms with Crippen molar-refractivity contribution in [1.29, 1.82) is 0 Å². The Bertz CT molecular complexity index is 926. The van der Waals surface area contributed by atoms with Crippen LogP contribution in [0.3, 0.4) is 0 Å². The van der Waals surface area contributed by atoms with Crippen molar-refractivity contribution >= 4 is 0 Å². The Morgan fingerprint density at radius 1 is 1.03 bits per heavy atom. The Morgan fingerprint density at radius 3 is 2.29 bits per heavy atom. The molecule has 1 atom stereocenters. The van der Waals surface area contributed by atoms with E-state index in [4.69, 9.17) is 14.6 Å². The summed E-state index contributed by atoms with van der Waals surface area (Å²) in [5.41, 5.74) is 2.91. The Labute approximate surface area is 185 Å². The molecule has 2 aromatic carbocycles. The van der Waals surface area contributed by atoms with Crippen LogP contribution in [0.15, 0.2) is 60.7 Å². The zero-order chi connectivity index (χ0) is 22.2. The molecule has 0 radical (unpaired) electrons. The van der Waals surface area contributed by atoms with Gasteiger partial charge in [-0.25, -0.2) is 4.68 Å². The van der Waals surface area contributed by atoms with Crippen LogP contribution >= 0.6 is 0 Å². The monoisotopic (exact) mass is 423 g/mol. The van der Waals surface area contributed by atoms with Crippen LogP contribution in [-0.4, -0.2) is 52.7 Å². The number of aromatic nitrogens is 2. The van der Waals surface area contributed by atoms with E-state index in [9.17, 15) is 5.11 Å². The number of aryl methyl sites for hydroxylation is 1. The summed E-state index contributed by atoms with van der Waals surface area (Å²) in [6, 6.07) is 19.9. The third kappa shape index (κ3) is 6.17. The molecule has 3 rings (SSSR count). The van der Waals surface area contributed by atoms with Crippen molar-refractivity contribution in [3.63, 3.8) is 0 Å². The summed E-state index contributed by atoms with van der Waals surface area (Å²) < 4.78 is 13.4. The van der Waals surface area contributed by atoms with Gasteiger partial charge in [-0.3, -0.25) is 4.90 Å². The Kier molecular flexibility index (Phi) is 8.23. The van der Waals surface area contributed by atoms with E-state index in [1.165, 1.54) is 0 Å². The number of rotatable bonds is 11. The van der Waals surface area contributed by atoms with E-state index in [-0.39, 0.29) is 5.92 Å².